The monoisotopic (exact) mass is 443 g/mol. The second-order valence-electron chi connectivity index (χ2n) is 4.80. The number of thiophene rings is 1. The number of pyridine rings is 1. The molecule has 0 bridgehead atoms. The third-order valence-electron chi connectivity index (χ3n) is 2.90. The van der Waals surface area contributed by atoms with E-state index >= 15 is 0 Å². The van der Waals surface area contributed by atoms with Crippen LogP contribution in [0.5, 0.6) is 0 Å². The van der Waals surface area contributed by atoms with Crippen LogP contribution in [0, 0.1) is 0 Å². The molecule has 0 aromatic carbocycles. The maximum Gasteiger partial charge on any atom is 0.452 e. The first-order chi connectivity index (χ1) is 12.0. The topological polar surface area (TPSA) is 85.1 Å². The highest BCUT2D eigenvalue weighted by atomic mass is 35.5. The summed E-state index contributed by atoms with van der Waals surface area (Å²) in [5.41, 5.74) is -0.0375. The molecule has 0 radical (unpaired) electrons. The predicted molar refractivity (Wildman–Crippen MR) is 89.9 cm³/mol. The molecule has 3 heterocycles. The lowest BCUT2D eigenvalue weighted by molar-refractivity contribution is -0.155. The summed E-state index contributed by atoms with van der Waals surface area (Å²) in [6.07, 6.45) is -4.68. The molecule has 138 valence electrons. The first-order valence-electron chi connectivity index (χ1n) is 6.54. The Balaban J connectivity index is 1.87. The zero-order chi connectivity index (χ0) is 19.1. The molecule has 6 nitrogen and oxygen atoms in total. The van der Waals surface area contributed by atoms with Gasteiger partial charge in [-0.25, -0.2) is 13.4 Å². The van der Waals surface area contributed by atoms with E-state index in [1.165, 1.54) is 24.3 Å². The molecule has 3 rings (SSSR count). The Morgan fingerprint density at radius 3 is 2.35 bits per heavy atom. The van der Waals surface area contributed by atoms with Crippen LogP contribution in [0.1, 0.15) is 5.76 Å². The second kappa shape index (κ2) is 6.72. The van der Waals surface area contributed by atoms with Gasteiger partial charge < -0.3 is 4.52 Å². The van der Waals surface area contributed by atoms with Crippen molar-refractivity contribution < 1.29 is 26.1 Å². The second-order valence-corrected chi connectivity index (χ2v) is 8.57. The van der Waals surface area contributed by atoms with Crippen LogP contribution >= 0.6 is 34.5 Å². The highest BCUT2D eigenvalue weighted by molar-refractivity contribution is 7.94. The molecule has 0 saturated heterocycles. The van der Waals surface area contributed by atoms with Crippen LogP contribution in [0.3, 0.4) is 0 Å². The van der Waals surface area contributed by atoms with Gasteiger partial charge in [-0.3, -0.25) is 4.72 Å². The van der Waals surface area contributed by atoms with Crippen LogP contribution in [-0.4, -0.2) is 18.6 Å². The normalized spacial score (nSPS) is 12.3. The van der Waals surface area contributed by atoms with E-state index in [0.717, 1.165) is 11.3 Å². The van der Waals surface area contributed by atoms with E-state index in [4.69, 9.17) is 23.2 Å². The largest absolute Gasteiger partial charge is 0.452 e. The van der Waals surface area contributed by atoms with Gasteiger partial charge >= 0.3 is 6.18 Å². The first kappa shape index (κ1) is 19.0. The van der Waals surface area contributed by atoms with Crippen LogP contribution in [-0.2, 0) is 16.2 Å². The standard InChI is InChI=1S/C13H6Cl2F3N3O3S2/c14-10-3-6(4-11(15)19-10)21-26(22,23)12-2-1-8(25-12)7-5-9(24-20-7)13(16,17)18/h1-5H,(H,19,21). The van der Waals surface area contributed by atoms with Crippen molar-refractivity contribution in [2.75, 3.05) is 4.72 Å². The Labute approximate surface area is 158 Å². The van der Waals surface area contributed by atoms with Crippen molar-refractivity contribution in [2.24, 2.45) is 0 Å². The number of halogens is 5. The fraction of sp³-hybridized carbons (Fsp3) is 0.0769. The van der Waals surface area contributed by atoms with Gasteiger partial charge in [0.05, 0.1) is 10.6 Å². The summed E-state index contributed by atoms with van der Waals surface area (Å²) in [7, 11) is -4.01. The highest BCUT2D eigenvalue weighted by Crippen LogP contribution is 2.35. The summed E-state index contributed by atoms with van der Waals surface area (Å²) in [6, 6.07) is 5.76. The van der Waals surface area contributed by atoms with Crippen LogP contribution in [0.2, 0.25) is 10.3 Å². The Morgan fingerprint density at radius 1 is 1.12 bits per heavy atom. The van der Waals surface area contributed by atoms with Gasteiger partial charge in [0.15, 0.2) is 0 Å². The number of aromatic nitrogens is 2. The fourth-order valence-electron chi connectivity index (χ4n) is 1.86. The van der Waals surface area contributed by atoms with Crippen molar-refractivity contribution in [3.63, 3.8) is 0 Å². The number of nitrogens with zero attached hydrogens (tertiary/aromatic N) is 2. The lowest BCUT2D eigenvalue weighted by Gasteiger charge is -2.06. The maximum atomic E-state index is 12.6. The molecule has 0 amide bonds. The molecule has 3 aromatic heterocycles. The molecule has 26 heavy (non-hydrogen) atoms. The van der Waals surface area contributed by atoms with Crippen LogP contribution < -0.4 is 4.72 Å². The lowest BCUT2D eigenvalue weighted by Crippen LogP contribution is -2.11. The molecule has 1 N–H and O–H groups in total. The number of hydrogen-bond acceptors (Lipinski definition) is 6. The Kier molecular flexibility index (Phi) is 4.90. The molecule has 0 saturated carbocycles. The molecule has 0 spiro atoms. The summed E-state index contributed by atoms with van der Waals surface area (Å²) in [4.78, 5) is 3.88. The van der Waals surface area contributed by atoms with Gasteiger partial charge in [0.25, 0.3) is 10.0 Å². The zero-order valence-electron chi connectivity index (χ0n) is 12.2. The van der Waals surface area contributed by atoms with Crippen LogP contribution in [0.15, 0.2) is 39.1 Å². The summed E-state index contributed by atoms with van der Waals surface area (Å²) in [5.74, 6) is -1.27. The van der Waals surface area contributed by atoms with E-state index in [1.807, 2.05) is 0 Å². The summed E-state index contributed by atoms with van der Waals surface area (Å²) in [6.45, 7) is 0. The van der Waals surface area contributed by atoms with Gasteiger partial charge in [-0.15, -0.1) is 11.3 Å². The fourth-order valence-corrected chi connectivity index (χ4v) is 4.62. The molecule has 3 aromatic rings. The van der Waals surface area contributed by atoms with Crippen molar-refractivity contribution in [3.8, 4) is 10.6 Å². The van der Waals surface area contributed by atoms with Crippen molar-refractivity contribution in [1.82, 2.24) is 10.1 Å². The Hall–Kier alpha value is -1.82. The number of anilines is 1. The highest BCUT2D eigenvalue weighted by Gasteiger charge is 2.36. The quantitative estimate of drug-likeness (QED) is 0.578. The van der Waals surface area contributed by atoms with Crippen molar-refractivity contribution in [3.05, 3.63) is 46.4 Å². The molecule has 0 atom stereocenters. The maximum absolute atomic E-state index is 12.6. The summed E-state index contributed by atoms with van der Waals surface area (Å²) >= 11 is 12.1. The molecular formula is C13H6Cl2F3N3O3S2. The minimum Gasteiger partial charge on any atom is -0.351 e. The lowest BCUT2D eigenvalue weighted by atomic mass is 10.3. The molecule has 13 heteroatoms. The zero-order valence-corrected chi connectivity index (χ0v) is 15.4. The average Bonchev–Trinajstić information content (AvgIpc) is 3.14. The summed E-state index contributed by atoms with van der Waals surface area (Å²) < 4.78 is 68.8. The minimum atomic E-state index is -4.68. The Morgan fingerprint density at radius 2 is 1.77 bits per heavy atom. The molecule has 0 unspecified atom stereocenters. The van der Waals surface area contributed by atoms with Gasteiger partial charge in [0, 0.05) is 6.07 Å². The molecular weight excluding hydrogens is 438 g/mol. The smallest absolute Gasteiger partial charge is 0.351 e. The summed E-state index contributed by atoms with van der Waals surface area (Å²) in [5, 5.41) is 3.29. The number of alkyl halides is 3. The number of hydrogen-bond donors (Lipinski definition) is 1. The van der Waals surface area contributed by atoms with E-state index < -0.39 is 22.0 Å². The third kappa shape index (κ3) is 4.11. The van der Waals surface area contributed by atoms with Crippen molar-refractivity contribution in [2.45, 2.75) is 10.4 Å². The first-order valence-corrected chi connectivity index (χ1v) is 9.60. The van der Waals surface area contributed by atoms with Gasteiger partial charge in [-0.05, 0) is 24.3 Å². The van der Waals surface area contributed by atoms with E-state index in [1.54, 1.807) is 0 Å². The van der Waals surface area contributed by atoms with E-state index in [0.29, 0.717) is 6.07 Å². The number of nitrogens with one attached hydrogen (secondary N) is 1. The minimum absolute atomic E-state index is 0.00986. The van der Waals surface area contributed by atoms with Gasteiger partial charge in [-0.2, -0.15) is 13.2 Å². The predicted octanol–water partition coefficient (Wildman–Crippen LogP) is 4.92. The number of rotatable bonds is 4. The molecule has 0 fully saturated rings. The van der Waals surface area contributed by atoms with E-state index in [-0.39, 0.29) is 30.8 Å². The molecule has 0 aliphatic heterocycles. The molecule has 0 aliphatic carbocycles. The van der Waals surface area contributed by atoms with Crippen LogP contribution in [0.25, 0.3) is 10.6 Å². The van der Waals surface area contributed by atoms with Gasteiger partial charge in [-0.1, -0.05) is 28.4 Å². The van der Waals surface area contributed by atoms with Crippen molar-refractivity contribution in [1.29, 1.82) is 0 Å². The Bertz CT molecular complexity index is 1040. The SMILES string of the molecule is O=S(=O)(Nc1cc(Cl)nc(Cl)c1)c1ccc(-c2cc(C(F)(F)F)on2)s1. The average molecular weight is 444 g/mol. The van der Waals surface area contributed by atoms with E-state index in [9.17, 15) is 21.6 Å². The van der Waals surface area contributed by atoms with Gasteiger partial charge in [0.2, 0.25) is 5.76 Å². The van der Waals surface area contributed by atoms with Crippen LogP contribution in [0.4, 0.5) is 18.9 Å². The third-order valence-corrected chi connectivity index (χ3v) is 6.27. The van der Waals surface area contributed by atoms with Gasteiger partial charge in [0.1, 0.15) is 20.2 Å². The van der Waals surface area contributed by atoms with E-state index in [2.05, 4.69) is 19.4 Å². The number of sulfonamides is 1. The molecule has 0 aliphatic rings. The van der Waals surface area contributed by atoms with Crippen molar-refractivity contribution >= 4 is 50.2 Å².